The molecule has 0 unspecified atom stereocenters. The van der Waals surface area contributed by atoms with Gasteiger partial charge in [-0.1, -0.05) is 13.3 Å². The van der Waals surface area contributed by atoms with E-state index in [9.17, 15) is 0 Å². The Hall–Kier alpha value is -0.0400. The first-order valence-electron chi connectivity index (χ1n) is 2.80. The van der Waals surface area contributed by atoms with Crippen molar-refractivity contribution in [3.8, 4) is 0 Å². The average Bonchev–Trinajstić information content (AvgIpc) is 1.58. The molecule has 1 saturated carbocycles. The van der Waals surface area contributed by atoms with Crippen LogP contribution in [0.4, 0.5) is 0 Å². The third-order valence-corrected chi connectivity index (χ3v) is 1.62. The van der Waals surface area contributed by atoms with Gasteiger partial charge in [-0.25, -0.2) is 0 Å². The van der Waals surface area contributed by atoms with E-state index in [0.717, 1.165) is 25.2 Å². The molecule has 41 valence electrons. The Morgan fingerprint density at radius 3 is 2.29 bits per heavy atom. The maximum Gasteiger partial charge on any atom is 0.0545 e. The van der Waals surface area contributed by atoms with E-state index >= 15 is 0 Å². The van der Waals surface area contributed by atoms with Gasteiger partial charge in [0.2, 0.25) is 0 Å². The summed E-state index contributed by atoms with van der Waals surface area (Å²) >= 11 is 0. The number of rotatable bonds is 1. The van der Waals surface area contributed by atoms with Gasteiger partial charge in [0, 0.05) is 0 Å². The second-order valence-electron chi connectivity index (χ2n) is 2.28. The van der Waals surface area contributed by atoms with E-state index in [1.54, 1.807) is 0 Å². The highest BCUT2D eigenvalue weighted by Gasteiger charge is 2.24. The minimum atomic E-state index is 0.00625. The van der Waals surface area contributed by atoms with Gasteiger partial charge >= 0.3 is 0 Å². The molecule has 1 N–H and O–H groups in total. The Balaban J connectivity index is 2.06. The molecule has 1 aliphatic carbocycles. The van der Waals surface area contributed by atoms with Crippen LogP contribution >= 0.6 is 0 Å². The Kier molecular flexibility index (Phi) is 1.33. The lowest BCUT2D eigenvalue weighted by Gasteiger charge is -2.29. The molecule has 7 heavy (non-hydrogen) atoms. The van der Waals surface area contributed by atoms with Crippen LogP contribution < -0.4 is 0 Å². The lowest BCUT2D eigenvalue weighted by atomic mass is 9.81. The fraction of sp³-hybridized carbons (Fsp3) is 0.833. The lowest BCUT2D eigenvalue weighted by Crippen LogP contribution is -2.27. The Morgan fingerprint density at radius 1 is 1.57 bits per heavy atom. The van der Waals surface area contributed by atoms with Crippen LogP contribution in [-0.4, -0.2) is 11.2 Å². The first-order chi connectivity index (χ1) is 3.33. The zero-order valence-corrected chi connectivity index (χ0v) is 4.43. The molecule has 0 spiro atoms. The average molecular weight is 99.2 g/mol. The van der Waals surface area contributed by atoms with Gasteiger partial charge in [0.15, 0.2) is 0 Å². The molecule has 0 aromatic carbocycles. The van der Waals surface area contributed by atoms with E-state index in [-0.39, 0.29) is 6.10 Å². The number of hydrogen-bond donors (Lipinski definition) is 1. The van der Waals surface area contributed by atoms with Gasteiger partial charge in [-0.2, -0.15) is 0 Å². The highest BCUT2D eigenvalue weighted by atomic mass is 16.3. The van der Waals surface area contributed by atoms with Gasteiger partial charge in [-0.3, -0.25) is 0 Å². The van der Waals surface area contributed by atoms with Crippen LogP contribution in [0.15, 0.2) is 0 Å². The first kappa shape index (κ1) is 5.10. The topological polar surface area (TPSA) is 20.2 Å². The van der Waals surface area contributed by atoms with Gasteiger partial charge in [0.1, 0.15) is 0 Å². The van der Waals surface area contributed by atoms with E-state index < -0.39 is 0 Å². The first-order valence-corrected chi connectivity index (χ1v) is 2.80. The van der Waals surface area contributed by atoms with Crippen molar-refractivity contribution < 1.29 is 5.11 Å². The molecule has 1 nitrogen and oxygen atoms in total. The summed E-state index contributed by atoms with van der Waals surface area (Å²) in [6, 6.07) is 0. The Labute approximate surface area is 44.4 Å². The molecular formula is C6H11O. The fourth-order valence-electron chi connectivity index (χ4n) is 0.936. The van der Waals surface area contributed by atoms with Crippen molar-refractivity contribution in [3.05, 3.63) is 6.92 Å². The minimum Gasteiger partial charge on any atom is -0.393 e. The van der Waals surface area contributed by atoms with Crippen molar-refractivity contribution in [2.45, 2.75) is 25.4 Å². The van der Waals surface area contributed by atoms with E-state index in [1.165, 1.54) is 0 Å². The Morgan fingerprint density at radius 2 is 2.14 bits per heavy atom. The Bertz CT molecular complexity index is 55.2. The molecule has 1 aliphatic rings. The predicted octanol–water partition coefficient (Wildman–Crippen LogP) is 0.981. The SMILES string of the molecule is [CH2]CC1CC(O)C1. The summed E-state index contributed by atoms with van der Waals surface area (Å²) < 4.78 is 0. The highest BCUT2D eigenvalue weighted by molar-refractivity contribution is 4.78. The monoisotopic (exact) mass is 99.1 g/mol. The molecule has 0 saturated heterocycles. The van der Waals surface area contributed by atoms with Gasteiger partial charge in [0.05, 0.1) is 6.10 Å². The summed E-state index contributed by atoms with van der Waals surface area (Å²) in [6.07, 6.45) is 2.98. The second kappa shape index (κ2) is 1.83. The molecule has 0 bridgehead atoms. The molecule has 0 aromatic heterocycles. The zero-order valence-electron chi connectivity index (χ0n) is 4.43. The van der Waals surface area contributed by atoms with Crippen LogP contribution in [-0.2, 0) is 0 Å². The van der Waals surface area contributed by atoms with E-state index in [2.05, 4.69) is 6.92 Å². The minimum absolute atomic E-state index is 0.00625. The largest absolute Gasteiger partial charge is 0.393 e. The summed E-state index contributed by atoms with van der Waals surface area (Å²) in [6.45, 7) is 3.73. The molecule has 0 aliphatic heterocycles. The predicted molar refractivity (Wildman–Crippen MR) is 28.7 cm³/mol. The molecule has 1 rings (SSSR count). The van der Waals surface area contributed by atoms with Crippen molar-refractivity contribution in [2.75, 3.05) is 0 Å². The lowest BCUT2D eigenvalue weighted by molar-refractivity contribution is 0.0441. The van der Waals surface area contributed by atoms with Crippen molar-refractivity contribution in [1.82, 2.24) is 0 Å². The molecule has 1 heteroatoms. The summed E-state index contributed by atoms with van der Waals surface area (Å²) in [5, 5.41) is 8.72. The molecule has 0 amide bonds. The molecular weight excluding hydrogens is 88.1 g/mol. The third kappa shape index (κ3) is 0.942. The van der Waals surface area contributed by atoms with Crippen molar-refractivity contribution >= 4 is 0 Å². The highest BCUT2D eigenvalue weighted by Crippen LogP contribution is 2.28. The van der Waals surface area contributed by atoms with Crippen molar-refractivity contribution in [1.29, 1.82) is 0 Å². The summed E-state index contributed by atoms with van der Waals surface area (Å²) in [5.74, 6) is 0.731. The van der Waals surface area contributed by atoms with E-state index in [1.807, 2.05) is 0 Å². The molecule has 0 heterocycles. The molecule has 1 radical (unpaired) electrons. The summed E-state index contributed by atoms with van der Waals surface area (Å²) in [4.78, 5) is 0. The zero-order chi connectivity index (χ0) is 5.28. The fourth-order valence-corrected chi connectivity index (χ4v) is 0.936. The number of aliphatic hydroxyl groups is 1. The van der Waals surface area contributed by atoms with Crippen LogP contribution in [0.1, 0.15) is 19.3 Å². The van der Waals surface area contributed by atoms with Crippen molar-refractivity contribution in [2.24, 2.45) is 5.92 Å². The van der Waals surface area contributed by atoms with E-state index in [4.69, 9.17) is 5.11 Å². The van der Waals surface area contributed by atoms with Gasteiger partial charge in [-0.15, -0.1) is 0 Å². The van der Waals surface area contributed by atoms with Crippen LogP contribution in [0.5, 0.6) is 0 Å². The van der Waals surface area contributed by atoms with Gasteiger partial charge in [-0.05, 0) is 18.8 Å². The van der Waals surface area contributed by atoms with Crippen LogP contribution in [0.25, 0.3) is 0 Å². The van der Waals surface area contributed by atoms with E-state index in [0.29, 0.717) is 0 Å². The molecule has 1 fully saturated rings. The van der Waals surface area contributed by atoms with Crippen LogP contribution in [0, 0.1) is 12.8 Å². The number of hydrogen-bond acceptors (Lipinski definition) is 1. The van der Waals surface area contributed by atoms with Crippen LogP contribution in [0.2, 0.25) is 0 Å². The quantitative estimate of drug-likeness (QED) is 0.519. The second-order valence-corrected chi connectivity index (χ2v) is 2.28. The molecule has 0 atom stereocenters. The standard InChI is InChI=1S/C6H11O/c1-2-5-3-6(7)4-5/h5-7H,1-4H2. The maximum absolute atomic E-state index is 8.72. The number of aliphatic hydroxyl groups excluding tert-OH is 1. The summed E-state index contributed by atoms with van der Waals surface area (Å²) in [7, 11) is 0. The smallest absolute Gasteiger partial charge is 0.0545 e. The van der Waals surface area contributed by atoms with Crippen LogP contribution in [0.3, 0.4) is 0 Å². The van der Waals surface area contributed by atoms with Gasteiger partial charge < -0.3 is 5.11 Å². The summed E-state index contributed by atoms with van der Waals surface area (Å²) in [5.41, 5.74) is 0. The van der Waals surface area contributed by atoms with Gasteiger partial charge in [0.25, 0.3) is 0 Å². The normalized spacial score (nSPS) is 40.3. The maximum atomic E-state index is 8.72. The molecule has 0 aromatic rings. The van der Waals surface area contributed by atoms with Crippen molar-refractivity contribution in [3.63, 3.8) is 0 Å². The third-order valence-electron chi connectivity index (χ3n) is 1.62.